The molecule has 2 aromatic heterocycles. The fourth-order valence-electron chi connectivity index (χ4n) is 1.47. The van der Waals surface area contributed by atoms with Crippen LogP contribution in [-0.4, -0.2) is 25.3 Å². The van der Waals surface area contributed by atoms with Gasteiger partial charge in [0.2, 0.25) is 5.95 Å². The number of halogens is 1. The van der Waals surface area contributed by atoms with E-state index in [0.29, 0.717) is 11.0 Å². The maximum absolute atomic E-state index is 5.96. The molecule has 2 rings (SSSR count). The Morgan fingerprint density at radius 2 is 1.89 bits per heavy atom. The second-order valence-electron chi connectivity index (χ2n) is 5.50. The van der Waals surface area contributed by atoms with Gasteiger partial charge in [-0.1, -0.05) is 11.6 Å². The average molecular weight is 280 g/mol. The Balaban J connectivity index is 2.10. The lowest BCUT2D eigenvalue weighted by Crippen LogP contribution is -2.35. The minimum absolute atomic E-state index is 0.0747. The Morgan fingerprint density at radius 3 is 2.37 bits per heavy atom. The largest absolute Gasteiger partial charge is 0.308 e. The molecule has 0 amide bonds. The van der Waals surface area contributed by atoms with Crippen molar-refractivity contribution in [2.24, 2.45) is 0 Å². The summed E-state index contributed by atoms with van der Waals surface area (Å²) in [6.45, 7) is 8.95. The van der Waals surface area contributed by atoms with E-state index >= 15 is 0 Å². The van der Waals surface area contributed by atoms with Crippen LogP contribution in [0.3, 0.4) is 0 Å². The molecule has 2 aromatic rings. The summed E-state index contributed by atoms with van der Waals surface area (Å²) in [6.07, 6.45) is 5.30. The molecule has 0 atom stereocenters. The van der Waals surface area contributed by atoms with Crippen LogP contribution in [0.25, 0.3) is 5.95 Å². The van der Waals surface area contributed by atoms with Crippen LogP contribution in [0.5, 0.6) is 0 Å². The van der Waals surface area contributed by atoms with E-state index in [9.17, 15) is 0 Å². The molecule has 102 valence electrons. The summed E-state index contributed by atoms with van der Waals surface area (Å²) < 4.78 is 1.58. The van der Waals surface area contributed by atoms with Gasteiger partial charge in [-0.15, -0.1) is 0 Å². The van der Waals surface area contributed by atoms with Gasteiger partial charge >= 0.3 is 0 Å². The Morgan fingerprint density at radius 1 is 1.26 bits per heavy atom. The maximum Gasteiger partial charge on any atom is 0.250 e. The second-order valence-corrected chi connectivity index (χ2v) is 5.91. The summed E-state index contributed by atoms with van der Waals surface area (Å²) >= 11 is 5.96. The minimum atomic E-state index is 0.0747. The smallest absolute Gasteiger partial charge is 0.250 e. The molecule has 0 aliphatic heterocycles. The number of aryl methyl sites for hydroxylation is 1. The highest BCUT2D eigenvalue weighted by Crippen LogP contribution is 2.14. The molecule has 2 heterocycles. The summed E-state index contributed by atoms with van der Waals surface area (Å²) in [5, 5.41) is 8.24. The predicted octanol–water partition coefficient (Wildman–Crippen LogP) is 2.51. The van der Waals surface area contributed by atoms with E-state index in [2.05, 4.69) is 41.2 Å². The van der Waals surface area contributed by atoms with Crippen molar-refractivity contribution < 1.29 is 0 Å². The number of nitrogens with one attached hydrogen (secondary N) is 1. The van der Waals surface area contributed by atoms with Gasteiger partial charge in [-0.25, -0.2) is 14.6 Å². The van der Waals surface area contributed by atoms with E-state index in [4.69, 9.17) is 11.6 Å². The van der Waals surface area contributed by atoms with Crippen molar-refractivity contribution in [3.05, 3.63) is 34.9 Å². The molecule has 19 heavy (non-hydrogen) atoms. The van der Waals surface area contributed by atoms with Gasteiger partial charge in [-0.05, 0) is 27.7 Å². The Hall–Kier alpha value is -1.46. The first-order valence-electron chi connectivity index (χ1n) is 6.13. The normalized spacial score (nSPS) is 11.8. The first-order valence-corrected chi connectivity index (χ1v) is 6.51. The molecule has 0 saturated carbocycles. The fraction of sp³-hybridized carbons (Fsp3) is 0.462. The molecule has 0 bridgehead atoms. The molecule has 6 heteroatoms. The van der Waals surface area contributed by atoms with Crippen LogP contribution >= 0.6 is 11.6 Å². The average Bonchev–Trinajstić information content (AvgIpc) is 2.67. The van der Waals surface area contributed by atoms with Gasteiger partial charge in [-0.2, -0.15) is 5.10 Å². The molecule has 0 radical (unpaired) electrons. The molecule has 0 aromatic carbocycles. The highest BCUT2D eigenvalue weighted by atomic mass is 35.5. The highest BCUT2D eigenvalue weighted by molar-refractivity contribution is 6.31. The zero-order valence-electron chi connectivity index (χ0n) is 11.6. The molecule has 5 nitrogen and oxygen atoms in total. The number of hydrogen-bond acceptors (Lipinski definition) is 4. The highest BCUT2D eigenvalue weighted by Gasteiger charge is 2.09. The van der Waals surface area contributed by atoms with Crippen LogP contribution in [-0.2, 0) is 6.54 Å². The lowest BCUT2D eigenvalue weighted by atomic mass is 10.1. The van der Waals surface area contributed by atoms with Crippen molar-refractivity contribution in [3.8, 4) is 5.95 Å². The monoisotopic (exact) mass is 279 g/mol. The second kappa shape index (κ2) is 5.27. The third-order valence-electron chi connectivity index (χ3n) is 2.56. The van der Waals surface area contributed by atoms with Gasteiger partial charge in [0.15, 0.2) is 0 Å². The number of aromatic nitrogens is 4. The van der Waals surface area contributed by atoms with Crippen molar-refractivity contribution in [2.45, 2.75) is 39.8 Å². The van der Waals surface area contributed by atoms with Crippen LogP contribution in [0.15, 0.2) is 18.6 Å². The van der Waals surface area contributed by atoms with Crippen LogP contribution in [0.4, 0.5) is 0 Å². The standard InChI is InChI=1S/C13H18ClN5/c1-9-11(14)8-19(18-9)12-15-5-10(6-16-12)7-17-13(2,3)4/h5-6,8,17H,7H2,1-4H3. The van der Waals surface area contributed by atoms with Gasteiger partial charge in [0.05, 0.1) is 16.9 Å². The fourth-order valence-corrected chi connectivity index (χ4v) is 1.60. The Kier molecular flexibility index (Phi) is 3.87. The van der Waals surface area contributed by atoms with Crippen molar-refractivity contribution >= 4 is 11.6 Å². The summed E-state index contributed by atoms with van der Waals surface area (Å²) in [7, 11) is 0. The van der Waals surface area contributed by atoms with Crippen LogP contribution in [0, 0.1) is 6.92 Å². The lowest BCUT2D eigenvalue weighted by Gasteiger charge is -2.20. The molecule has 0 aliphatic carbocycles. The Labute approximate surface area is 118 Å². The topological polar surface area (TPSA) is 55.6 Å². The number of nitrogens with zero attached hydrogens (tertiary/aromatic N) is 4. The molecule has 0 spiro atoms. The van der Waals surface area contributed by atoms with Crippen molar-refractivity contribution in [1.29, 1.82) is 0 Å². The van der Waals surface area contributed by atoms with E-state index in [1.165, 1.54) is 0 Å². The zero-order chi connectivity index (χ0) is 14.0. The summed E-state index contributed by atoms with van der Waals surface area (Å²) in [5.74, 6) is 0.523. The van der Waals surface area contributed by atoms with Gasteiger partial charge < -0.3 is 5.32 Å². The van der Waals surface area contributed by atoms with Gasteiger partial charge in [0.1, 0.15) is 0 Å². The predicted molar refractivity (Wildman–Crippen MR) is 75.5 cm³/mol. The molecular formula is C13H18ClN5. The summed E-state index contributed by atoms with van der Waals surface area (Å²) in [6, 6.07) is 0. The van der Waals surface area contributed by atoms with Gasteiger partial charge in [-0.3, -0.25) is 0 Å². The zero-order valence-corrected chi connectivity index (χ0v) is 12.4. The molecule has 0 unspecified atom stereocenters. The van der Waals surface area contributed by atoms with Crippen molar-refractivity contribution in [1.82, 2.24) is 25.1 Å². The van der Waals surface area contributed by atoms with Gasteiger partial charge in [0, 0.05) is 30.0 Å². The first-order chi connectivity index (χ1) is 8.85. The quantitative estimate of drug-likeness (QED) is 0.938. The molecule has 0 fully saturated rings. The first kappa shape index (κ1) is 14.0. The maximum atomic E-state index is 5.96. The third-order valence-corrected chi connectivity index (χ3v) is 2.93. The van der Waals surface area contributed by atoms with Gasteiger partial charge in [0.25, 0.3) is 0 Å². The molecule has 1 N–H and O–H groups in total. The van der Waals surface area contributed by atoms with Crippen LogP contribution in [0.2, 0.25) is 5.02 Å². The summed E-state index contributed by atoms with van der Waals surface area (Å²) in [5.41, 5.74) is 1.88. The molecular weight excluding hydrogens is 262 g/mol. The van der Waals surface area contributed by atoms with E-state index in [1.54, 1.807) is 23.3 Å². The molecule has 0 aliphatic rings. The van der Waals surface area contributed by atoms with E-state index < -0.39 is 0 Å². The number of rotatable bonds is 3. The minimum Gasteiger partial charge on any atom is -0.308 e. The van der Waals surface area contributed by atoms with E-state index in [-0.39, 0.29) is 5.54 Å². The molecule has 0 saturated heterocycles. The van der Waals surface area contributed by atoms with E-state index in [0.717, 1.165) is 17.8 Å². The summed E-state index contributed by atoms with van der Waals surface area (Å²) in [4.78, 5) is 8.59. The third kappa shape index (κ3) is 3.75. The SMILES string of the molecule is Cc1nn(-c2ncc(CNC(C)(C)C)cn2)cc1Cl. The van der Waals surface area contributed by atoms with Crippen molar-refractivity contribution in [2.75, 3.05) is 0 Å². The van der Waals surface area contributed by atoms with Crippen LogP contribution < -0.4 is 5.32 Å². The van der Waals surface area contributed by atoms with Crippen molar-refractivity contribution in [3.63, 3.8) is 0 Å². The lowest BCUT2D eigenvalue weighted by molar-refractivity contribution is 0.423. The van der Waals surface area contributed by atoms with E-state index in [1.807, 2.05) is 6.92 Å². The van der Waals surface area contributed by atoms with Crippen LogP contribution in [0.1, 0.15) is 32.0 Å². The Bertz CT molecular complexity index is 534. The number of hydrogen-bond donors (Lipinski definition) is 1.